The molecule has 2 N–H and O–H groups in total. The Labute approximate surface area is 123 Å². The molecular weight excluding hydrogens is 286 g/mol. The van der Waals surface area contributed by atoms with E-state index in [0.717, 1.165) is 6.54 Å². The van der Waals surface area contributed by atoms with Crippen molar-refractivity contribution >= 4 is 24.0 Å². The molecule has 1 aromatic rings. The van der Waals surface area contributed by atoms with Crippen molar-refractivity contribution in [2.24, 2.45) is 0 Å². The van der Waals surface area contributed by atoms with Crippen LogP contribution in [0, 0.1) is 10.1 Å². The average Bonchev–Trinajstić information content (AvgIpc) is 2.42. The fourth-order valence-corrected chi connectivity index (χ4v) is 1.52. The van der Waals surface area contributed by atoms with E-state index in [1.807, 2.05) is 6.92 Å². The van der Waals surface area contributed by atoms with E-state index in [0.29, 0.717) is 18.8 Å². The van der Waals surface area contributed by atoms with Gasteiger partial charge in [0.1, 0.15) is 11.3 Å². The average molecular weight is 304 g/mol. The number of benzene rings is 1. The van der Waals surface area contributed by atoms with Crippen molar-refractivity contribution in [2.45, 2.75) is 6.92 Å². The van der Waals surface area contributed by atoms with Crippen LogP contribution in [-0.4, -0.2) is 37.6 Å². The van der Waals surface area contributed by atoms with Gasteiger partial charge in [0.2, 0.25) is 0 Å². The summed E-state index contributed by atoms with van der Waals surface area (Å²) in [6.07, 6.45) is 0. The van der Waals surface area contributed by atoms with E-state index in [1.54, 1.807) is 0 Å². The maximum atomic E-state index is 11.9. The molecule has 20 heavy (non-hydrogen) atoms. The third-order valence-corrected chi connectivity index (χ3v) is 2.48. The summed E-state index contributed by atoms with van der Waals surface area (Å²) in [5, 5.41) is 16.5. The predicted octanol–water partition coefficient (Wildman–Crippen LogP) is 1.36. The smallest absolute Gasteiger partial charge is 0.282 e. The number of nitrogens with zero attached hydrogens (tertiary/aromatic N) is 1. The van der Waals surface area contributed by atoms with E-state index in [4.69, 9.17) is 4.74 Å². The minimum Gasteiger partial charge on any atom is -0.497 e. The third kappa shape index (κ3) is 5.02. The number of carbonyl (C=O) groups excluding carboxylic acids is 1. The largest absolute Gasteiger partial charge is 0.497 e. The molecule has 0 radical (unpaired) electrons. The van der Waals surface area contributed by atoms with Crippen LogP contribution in [0.2, 0.25) is 0 Å². The zero-order valence-electron chi connectivity index (χ0n) is 11.3. The normalized spacial score (nSPS) is 9.50. The Kier molecular flexibility index (Phi) is 8.26. The minimum absolute atomic E-state index is 0. The van der Waals surface area contributed by atoms with Gasteiger partial charge in [0.15, 0.2) is 0 Å². The summed E-state index contributed by atoms with van der Waals surface area (Å²) < 4.78 is 4.97. The van der Waals surface area contributed by atoms with Crippen molar-refractivity contribution in [1.82, 2.24) is 10.6 Å². The molecule has 0 bridgehead atoms. The lowest BCUT2D eigenvalue weighted by atomic mass is 10.1. The van der Waals surface area contributed by atoms with Crippen LogP contribution in [0.3, 0.4) is 0 Å². The highest BCUT2D eigenvalue weighted by atomic mass is 35.5. The van der Waals surface area contributed by atoms with Gasteiger partial charge in [0.05, 0.1) is 12.0 Å². The Morgan fingerprint density at radius 3 is 2.65 bits per heavy atom. The molecule has 0 saturated heterocycles. The van der Waals surface area contributed by atoms with Gasteiger partial charge >= 0.3 is 0 Å². The predicted molar refractivity (Wildman–Crippen MR) is 77.8 cm³/mol. The van der Waals surface area contributed by atoms with Gasteiger partial charge in [-0.15, -0.1) is 12.4 Å². The van der Waals surface area contributed by atoms with Crippen LogP contribution in [0.25, 0.3) is 0 Å². The fourth-order valence-electron chi connectivity index (χ4n) is 1.52. The van der Waals surface area contributed by atoms with Crippen LogP contribution in [0.1, 0.15) is 17.3 Å². The number of amides is 1. The van der Waals surface area contributed by atoms with E-state index < -0.39 is 10.8 Å². The highest BCUT2D eigenvalue weighted by Gasteiger charge is 2.20. The van der Waals surface area contributed by atoms with Gasteiger partial charge < -0.3 is 15.4 Å². The van der Waals surface area contributed by atoms with Gasteiger partial charge in [0, 0.05) is 19.2 Å². The first-order chi connectivity index (χ1) is 9.10. The maximum absolute atomic E-state index is 11.9. The summed E-state index contributed by atoms with van der Waals surface area (Å²) in [5.74, 6) is -0.0778. The number of nitro benzene ring substituents is 1. The zero-order chi connectivity index (χ0) is 14.3. The molecule has 8 heteroatoms. The number of carbonyl (C=O) groups is 1. The highest BCUT2D eigenvalue weighted by Crippen LogP contribution is 2.23. The molecule has 0 aromatic heterocycles. The van der Waals surface area contributed by atoms with E-state index in [-0.39, 0.29) is 23.7 Å². The van der Waals surface area contributed by atoms with Crippen LogP contribution in [0.5, 0.6) is 5.75 Å². The van der Waals surface area contributed by atoms with E-state index in [2.05, 4.69) is 10.6 Å². The van der Waals surface area contributed by atoms with E-state index >= 15 is 0 Å². The molecule has 112 valence electrons. The van der Waals surface area contributed by atoms with Crippen molar-refractivity contribution in [2.75, 3.05) is 26.7 Å². The van der Waals surface area contributed by atoms with Gasteiger partial charge in [-0.05, 0) is 18.7 Å². The minimum atomic E-state index is -0.585. The summed E-state index contributed by atoms with van der Waals surface area (Å²) in [6.45, 7) is 3.77. The fraction of sp³-hybridized carbons (Fsp3) is 0.417. The first kappa shape index (κ1) is 18.1. The first-order valence-corrected chi connectivity index (χ1v) is 5.91. The Bertz CT molecular complexity index is 468. The van der Waals surface area contributed by atoms with Gasteiger partial charge in [-0.1, -0.05) is 6.92 Å². The Balaban J connectivity index is 0.00000361. The molecule has 0 aliphatic heterocycles. The van der Waals surface area contributed by atoms with Crippen molar-refractivity contribution < 1.29 is 14.5 Å². The lowest BCUT2D eigenvalue weighted by Crippen LogP contribution is -2.32. The maximum Gasteiger partial charge on any atom is 0.282 e. The monoisotopic (exact) mass is 303 g/mol. The molecular formula is C12H18ClN3O4. The van der Waals surface area contributed by atoms with Crippen LogP contribution in [-0.2, 0) is 0 Å². The van der Waals surface area contributed by atoms with Gasteiger partial charge in [0.25, 0.3) is 11.6 Å². The molecule has 0 heterocycles. The molecule has 0 aliphatic carbocycles. The standard InChI is InChI=1S/C12H17N3O4.ClH/c1-3-13-6-7-14-12(16)10-8-9(19-2)4-5-11(10)15(17)18;/h4-5,8,13H,3,6-7H2,1-2H3,(H,14,16);1H. The number of rotatable bonds is 7. The topological polar surface area (TPSA) is 93.5 Å². The molecule has 1 aromatic carbocycles. The Morgan fingerprint density at radius 1 is 1.40 bits per heavy atom. The summed E-state index contributed by atoms with van der Waals surface area (Å²) in [7, 11) is 1.44. The SMILES string of the molecule is CCNCCNC(=O)c1cc(OC)ccc1[N+](=O)[O-].Cl. The lowest BCUT2D eigenvalue weighted by Gasteiger charge is -2.07. The number of likely N-dealkylation sites (N-methyl/N-ethyl adjacent to an activating group) is 1. The number of halogens is 1. The second kappa shape index (κ2) is 9.11. The van der Waals surface area contributed by atoms with Crippen LogP contribution in [0.4, 0.5) is 5.69 Å². The molecule has 1 amide bonds. The number of hydrogen-bond donors (Lipinski definition) is 2. The van der Waals surface area contributed by atoms with Gasteiger partial charge in [-0.2, -0.15) is 0 Å². The second-order valence-electron chi connectivity index (χ2n) is 3.75. The second-order valence-corrected chi connectivity index (χ2v) is 3.75. The Hall–Kier alpha value is -1.86. The van der Waals surface area contributed by atoms with E-state index in [9.17, 15) is 14.9 Å². The molecule has 0 saturated carbocycles. The van der Waals surface area contributed by atoms with Gasteiger partial charge in [-0.3, -0.25) is 14.9 Å². The number of nitro groups is 1. The quantitative estimate of drug-likeness (QED) is 0.451. The first-order valence-electron chi connectivity index (χ1n) is 5.91. The van der Waals surface area contributed by atoms with Crippen LogP contribution in [0.15, 0.2) is 18.2 Å². The number of nitrogens with one attached hydrogen (secondary N) is 2. The Morgan fingerprint density at radius 2 is 2.10 bits per heavy atom. The van der Waals surface area contributed by atoms with Crippen molar-refractivity contribution in [3.05, 3.63) is 33.9 Å². The third-order valence-electron chi connectivity index (χ3n) is 2.48. The molecule has 7 nitrogen and oxygen atoms in total. The number of methoxy groups -OCH3 is 1. The van der Waals surface area contributed by atoms with E-state index in [1.165, 1.54) is 25.3 Å². The molecule has 0 spiro atoms. The molecule has 1 rings (SSSR count). The number of ether oxygens (including phenoxy) is 1. The summed E-state index contributed by atoms with van der Waals surface area (Å²) in [5.41, 5.74) is -0.234. The summed E-state index contributed by atoms with van der Waals surface area (Å²) in [4.78, 5) is 22.2. The number of hydrogen-bond acceptors (Lipinski definition) is 5. The molecule has 0 unspecified atom stereocenters. The summed E-state index contributed by atoms with van der Waals surface area (Å²) in [6, 6.07) is 4.08. The van der Waals surface area contributed by atoms with Crippen molar-refractivity contribution in [3.8, 4) is 5.75 Å². The lowest BCUT2D eigenvalue weighted by molar-refractivity contribution is -0.385. The molecule has 0 atom stereocenters. The summed E-state index contributed by atoms with van der Waals surface area (Å²) >= 11 is 0. The highest BCUT2D eigenvalue weighted by molar-refractivity contribution is 5.98. The van der Waals surface area contributed by atoms with Crippen molar-refractivity contribution in [3.63, 3.8) is 0 Å². The van der Waals surface area contributed by atoms with Crippen LogP contribution < -0.4 is 15.4 Å². The van der Waals surface area contributed by atoms with Gasteiger partial charge in [-0.25, -0.2) is 0 Å². The zero-order valence-corrected chi connectivity index (χ0v) is 12.2. The van der Waals surface area contributed by atoms with Crippen LogP contribution >= 0.6 is 12.4 Å². The molecule has 0 fully saturated rings. The molecule has 0 aliphatic rings. The van der Waals surface area contributed by atoms with Crippen molar-refractivity contribution in [1.29, 1.82) is 0 Å².